The van der Waals surface area contributed by atoms with E-state index in [1.54, 1.807) is 4.52 Å². The van der Waals surface area contributed by atoms with Gasteiger partial charge in [0, 0.05) is 25.7 Å². The van der Waals surface area contributed by atoms with E-state index in [9.17, 15) is 4.79 Å². The number of rotatable bonds is 7. The van der Waals surface area contributed by atoms with E-state index in [4.69, 9.17) is 10.5 Å². The number of piperidine rings is 1. The Morgan fingerprint density at radius 3 is 3.06 bits per heavy atom. The van der Waals surface area contributed by atoms with Gasteiger partial charge in [-0.3, -0.25) is 4.79 Å². The molecule has 1 amide bonds. The maximum absolute atomic E-state index is 13.1. The molecule has 1 aliphatic heterocycles. The molecular weight excluding hydrogens is 496 g/mol. The first-order chi connectivity index (χ1) is 15.3. The van der Waals surface area contributed by atoms with Crippen LogP contribution >= 0.6 is 27.3 Å². The highest BCUT2D eigenvalue weighted by atomic mass is 79.9. The number of ether oxygens (including phenoxy) is 1. The summed E-state index contributed by atoms with van der Waals surface area (Å²) in [5.74, 6) is 0.686. The van der Waals surface area contributed by atoms with E-state index >= 15 is 0 Å². The van der Waals surface area contributed by atoms with Crippen molar-refractivity contribution in [3.05, 3.63) is 26.9 Å². The van der Waals surface area contributed by atoms with E-state index in [0.29, 0.717) is 29.7 Å². The number of likely N-dealkylation sites (N-methyl/N-ethyl adjacent to an activating group) is 1. The summed E-state index contributed by atoms with van der Waals surface area (Å²) in [6.07, 6.45) is 3.28. The first kappa shape index (κ1) is 22.7. The quantitative estimate of drug-likeness (QED) is 0.485. The Morgan fingerprint density at radius 1 is 1.47 bits per heavy atom. The molecule has 1 fully saturated rings. The third-order valence-corrected chi connectivity index (χ3v) is 6.82. The van der Waals surface area contributed by atoms with Crippen LogP contribution in [0, 0.1) is 6.92 Å². The molecule has 1 saturated heterocycles. The topological polar surface area (TPSA) is 114 Å². The first-order valence-electron chi connectivity index (χ1n) is 10.4. The first-order valence-corrected chi connectivity index (χ1v) is 12.0. The fraction of sp³-hybridized carbons (Fsp3) is 0.500. The van der Waals surface area contributed by atoms with Crippen LogP contribution < -0.4 is 20.7 Å². The molecule has 4 heterocycles. The van der Waals surface area contributed by atoms with Gasteiger partial charge in [0.15, 0.2) is 10.7 Å². The standard InChI is InChI=1S/C20H27BrN8O2S/c1-12-25-20(31-8-7-27(2)3)17(32-12)19(30)26-13-5-4-6-28(10-13)14-9-15(21)29-16(14)18(22)23-11-24-29/h9,11,13H,4-8,10H2,1-3H3,(H,26,30)(H2,22,23,24)/t13-/m1/s1. The molecule has 4 rings (SSSR count). The summed E-state index contributed by atoms with van der Waals surface area (Å²) in [5, 5.41) is 8.25. The number of aromatic nitrogens is 4. The van der Waals surface area contributed by atoms with E-state index < -0.39 is 0 Å². The van der Waals surface area contributed by atoms with Crippen LogP contribution in [-0.4, -0.2) is 76.8 Å². The number of nitrogens with zero attached hydrogens (tertiary/aromatic N) is 6. The molecule has 10 nitrogen and oxygen atoms in total. The second kappa shape index (κ2) is 9.59. The van der Waals surface area contributed by atoms with Crippen molar-refractivity contribution in [2.45, 2.75) is 25.8 Å². The predicted molar refractivity (Wildman–Crippen MR) is 129 cm³/mol. The summed E-state index contributed by atoms with van der Waals surface area (Å²) in [7, 11) is 3.95. The zero-order valence-corrected chi connectivity index (χ0v) is 20.7. The van der Waals surface area contributed by atoms with Crippen LogP contribution in [0.2, 0.25) is 0 Å². The number of nitrogens with one attached hydrogen (secondary N) is 1. The molecule has 0 bridgehead atoms. The van der Waals surface area contributed by atoms with Gasteiger partial charge in [-0.15, -0.1) is 11.3 Å². The Hall–Kier alpha value is -2.44. The van der Waals surface area contributed by atoms with Gasteiger partial charge in [0.25, 0.3) is 5.91 Å². The van der Waals surface area contributed by atoms with Gasteiger partial charge < -0.3 is 25.6 Å². The maximum atomic E-state index is 13.1. The second-order valence-corrected chi connectivity index (χ2v) is 10.1. The molecule has 3 aromatic rings. The van der Waals surface area contributed by atoms with Crippen molar-refractivity contribution in [2.75, 3.05) is 51.0 Å². The highest BCUT2D eigenvalue weighted by Crippen LogP contribution is 2.33. The molecule has 0 saturated carbocycles. The summed E-state index contributed by atoms with van der Waals surface area (Å²) in [6.45, 7) is 4.65. The Morgan fingerprint density at radius 2 is 2.28 bits per heavy atom. The average molecular weight is 523 g/mol. The van der Waals surface area contributed by atoms with Crippen LogP contribution in [0.25, 0.3) is 5.52 Å². The number of anilines is 2. The summed E-state index contributed by atoms with van der Waals surface area (Å²) in [6, 6.07) is 1.99. The van der Waals surface area contributed by atoms with Gasteiger partial charge in [-0.2, -0.15) is 5.10 Å². The smallest absolute Gasteiger partial charge is 0.267 e. The lowest BCUT2D eigenvalue weighted by atomic mass is 10.0. The average Bonchev–Trinajstić information content (AvgIpc) is 3.29. The number of aryl methyl sites for hydroxylation is 1. The monoisotopic (exact) mass is 522 g/mol. The minimum atomic E-state index is -0.145. The Labute approximate surface area is 198 Å². The molecular formula is C20H27BrN8O2S. The number of nitrogen functional groups attached to an aromatic ring is 1. The van der Waals surface area contributed by atoms with E-state index in [1.165, 1.54) is 17.7 Å². The van der Waals surface area contributed by atoms with Crippen LogP contribution in [0.15, 0.2) is 17.0 Å². The molecule has 1 atom stereocenters. The largest absolute Gasteiger partial charge is 0.475 e. The summed E-state index contributed by atoms with van der Waals surface area (Å²) in [5.41, 5.74) is 7.85. The van der Waals surface area contributed by atoms with E-state index in [2.05, 4.69) is 41.2 Å². The molecule has 3 aromatic heterocycles. The Kier molecular flexibility index (Phi) is 6.82. The highest BCUT2D eigenvalue weighted by Gasteiger charge is 2.27. The van der Waals surface area contributed by atoms with Gasteiger partial charge in [-0.25, -0.2) is 14.5 Å². The lowest BCUT2D eigenvalue weighted by Crippen LogP contribution is -2.47. The van der Waals surface area contributed by atoms with Crippen molar-refractivity contribution >= 4 is 50.2 Å². The van der Waals surface area contributed by atoms with Crippen LogP contribution in [0.3, 0.4) is 0 Å². The van der Waals surface area contributed by atoms with Crippen LogP contribution in [0.5, 0.6) is 5.88 Å². The molecule has 32 heavy (non-hydrogen) atoms. The number of hydrogen-bond donors (Lipinski definition) is 2. The highest BCUT2D eigenvalue weighted by molar-refractivity contribution is 9.10. The molecule has 0 spiro atoms. The number of halogens is 1. The van der Waals surface area contributed by atoms with E-state index in [1.807, 2.05) is 32.0 Å². The third-order valence-electron chi connectivity index (χ3n) is 5.30. The maximum Gasteiger partial charge on any atom is 0.267 e. The zero-order chi connectivity index (χ0) is 22.8. The Bertz CT molecular complexity index is 1110. The second-order valence-electron chi connectivity index (χ2n) is 8.04. The number of thiazole rings is 1. The summed E-state index contributed by atoms with van der Waals surface area (Å²) >= 11 is 4.90. The fourth-order valence-electron chi connectivity index (χ4n) is 3.79. The molecule has 12 heteroatoms. The summed E-state index contributed by atoms with van der Waals surface area (Å²) < 4.78 is 8.33. The molecule has 3 N–H and O–H groups in total. The molecule has 0 aliphatic carbocycles. The molecule has 0 unspecified atom stereocenters. The predicted octanol–water partition coefficient (Wildman–Crippen LogP) is 2.18. The van der Waals surface area contributed by atoms with E-state index in [-0.39, 0.29) is 11.9 Å². The van der Waals surface area contributed by atoms with Crippen molar-refractivity contribution in [3.8, 4) is 5.88 Å². The van der Waals surface area contributed by atoms with Crippen molar-refractivity contribution in [3.63, 3.8) is 0 Å². The van der Waals surface area contributed by atoms with Crippen LogP contribution in [0.1, 0.15) is 27.5 Å². The fourth-order valence-corrected chi connectivity index (χ4v) is 5.04. The SMILES string of the molecule is Cc1nc(OCCN(C)C)c(C(=O)N[C@@H]2CCCN(c3cc(Br)n4ncnc(N)c34)C2)s1. The van der Waals surface area contributed by atoms with Gasteiger partial charge in [-0.1, -0.05) is 0 Å². The van der Waals surface area contributed by atoms with E-state index in [0.717, 1.165) is 46.7 Å². The number of carbonyl (C=O) groups is 1. The Balaban J connectivity index is 1.47. The van der Waals surface area contributed by atoms with Crippen molar-refractivity contribution in [2.24, 2.45) is 0 Å². The van der Waals surface area contributed by atoms with Gasteiger partial charge in [-0.05, 0) is 55.9 Å². The lowest BCUT2D eigenvalue weighted by molar-refractivity contribution is 0.0932. The number of amides is 1. The van der Waals surface area contributed by atoms with Gasteiger partial charge in [0.1, 0.15) is 23.1 Å². The molecule has 0 aromatic carbocycles. The van der Waals surface area contributed by atoms with Gasteiger partial charge >= 0.3 is 0 Å². The summed E-state index contributed by atoms with van der Waals surface area (Å²) in [4.78, 5) is 26.4. The van der Waals surface area contributed by atoms with Crippen molar-refractivity contribution in [1.82, 2.24) is 29.8 Å². The van der Waals surface area contributed by atoms with Gasteiger partial charge in [0.2, 0.25) is 5.88 Å². The minimum absolute atomic E-state index is 0.00661. The van der Waals surface area contributed by atoms with Crippen LogP contribution in [0.4, 0.5) is 11.5 Å². The number of fused-ring (bicyclic) bond motifs is 1. The minimum Gasteiger partial charge on any atom is -0.475 e. The lowest BCUT2D eigenvalue weighted by Gasteiger charge is -2.34. The molecule has 0 radical (unpaired) electrons. The number of nitrogens with two attached hydrogens (primary N) is 1. The van der Waals surface area contributed by atoms with Crippen LogP contribution in [-0.2, 0) is 0 Å². The molecule has 172 valence electrons. The van der Waals surface area contributed by atoms with Crippen molar-refractivity contribution in [1.29, 1.82) is 0 Å². The number of carbonyl (C=O) groups excluding carboxylic acids is 1. The third kappa shape index (κ3) is 4.81. The van der Waals surface area contributed by atoms with Gasteiger partial charge in [0.05, 0.1) is 10.7 Å². The zero-order valence-electron chi connectivity index (χ0n) is 18.3. The normalized spacial score (nSPS) is 16.7. The van der Waals surface area contributed by atoms with Crippen molar-refractivity contribution < 1.29 is 9.53 Å². The molecule has 1 aliphatic rings. The number of hydrogen-bond acceptors (Lipinski definition) is 9.